The van der Waals surface area contributed by atoms with E-state index < -0.39 is 5.60 Å². The lowest BCUT2D eigenvalue weighted by Crippen LogP contribution is -2.52. The third-order valence-corrected chi connectivity index (χ3v) is 4.61. The van der Waals surface area contributed by atoms with Gasteiger partial charge in [-0.05, 0) is 39.8 Å². The molecule has 1 aromatic rings. The first kappa shape index (κ1) is 18.6. The zero-order valence-corrected chi connectivity index (χ0v) is 15.7. The first-order valence-electron chi connectivity index (χ1n) is 8.20. The van der Waals surface area contributed by atoms with Crippen molar-refractivity contribution in [2.24, 2.45) is 0 Å². The number of hydrogen-bond donors (Lipinski definition) is 0. The van der Waals surface area contributed by atoms with Crippen LogP contribution in [0.1, 0.15) is 26.3 Å². The van der Waals surface area contributed by atoms with E-state index in [-0.39, 0.29) is 12.0 Å². The second-order valence-corrected chi connectivity index (χ2v) is 8.00. The van der Waals surface area contributed by atoms with Gasteiger partial charge in [0, 0.05) is 31.1 Å². The molecule has 0 bridgehead atoms. The van der Waals surface area contributed by atoms with Crippen LogP contribution in [0.15, 0.2) is 29.2 Å². The van der Waals surface area contributed by atoms with Gasteiger partial charge in [-0.25, -0.2) is 4.79 Å². The average molecular weight is 350 g/mol. The fourth-order valence-corrected chi connectivity index (χ4v) is 3.32. The largest absolute Gasteiger partial charge is 0.444 e. The van der Waals surface area contributed by atoms with Crippen molar-refractivity contribution in [1.29, 1.82) is 0 Å². The Morgan fingerprint density at radius 3 is 2.33 bits per heavy atom. The molecule has 5 nitrogen and oxygen atoms in total. The Bertz CT molecular complexity index is 590. The lowest BCUT2D eigenvalue weighted by atomic mass is 10.2. The smallest absolute Gasteiger partial charge is 0.410 e. The molecule has 1 aliphatic rings. The van der Waals surface area contributed by atoms with Crippen LogP contribution in [0.2, 0.25) is 0 Å². The molecule has 0 saturated carbocycles. The Morgan fingerprint density at radius 2 is 1.75 bits per heavy atom. The number of piperazine rings is 1. The molecule has 1 aromatic carbocycles. The van der Waals surface area contributed by atoms with Gasteiger partial charge in [0.15, 0.2) is 0 Å². The predicted molar refractivity (Wildman–Crippen MR) is 96.3 cm³/mol. The average Bonchev–Trinajstić information content (AvgIpc) is 2.51. The Kier molecular flexibility index (Phi) is 6.15. The van der Waals surface area contributed by atoms with Gasteiger partial charge in [-0.3, -0.25) is 4.79 Å². The summed E-state index contributed by atoms with van der Waals surface area (Å²) in [6.07, 6.45) is -0.302. The van der Waals surface area contributed by atoms with Gasteiger partial charge >= 0.3 is 6.09 Å². The highest BCUT2D eigenvalue weighted by atomic mass is 32.2. The number of carbonyl (C=O) groups excluding carboxylic acids is 2. The van der Waals surface area contributed by atoms with E-state index in [0.717, 1.165) is 4.90 Å². The second kappa shape index (κ2) is 7.92. The molecule has 2 rings (SSSR count). The summed E-state index contributed by atoms with van der Waals surface area (Å²) in [5, 5.41) is 0. The summed E-state index contributed by atoms with van der Waals surface area (Å²) >= 11 is 1.55. The summed E-state index contributed by atoms with van der Waals surface area (Å²) in [6.45, 7) is 9.78. The molecule has 1 heterocycles. The molecule has 0 aliphatic carbocycles. The maximum Gasteiger partial charge on any atom is 0.410 e. The number of carbonyl (C=O) groups is 2. The maximum atomic E-state index is 12.3. The predicted octanol–water partition coefficient (Wildman–Crippen LogP) is 3.17. The summed E-state index contributed by atoms with van der Waals surface area (Å²) in [5.41, 5.74) is 0.701. The minimum absolute atomic E-state index is 0.116. The van der Waals surface area contributed by atoms with Crippen molar-refractivity contribution < 1.29 is 14.3 Å². The molecule has 0 unspecified atom stereocenters. The van der Waals surface area contributed by atoms with Gasteiger partial charge in [-0.2, -0.15) is 0 Å². The van der Waals surface area contributed by atoms with Crippen molar-refractivity contribution in [3.8, 4) is 0 Å². The van der Waals surface area contributed by atoms with Gasteiger partial charge in [0.05, 0.1) is 5.75 Å². The number of hydrogen-bond acceptors (Lipinski definition) is 4. The third kappa shape index (κ3) is 5.74. The molecule has 6 heteroatoms. The third-order valence-electron chi connectivity index (χ3n) is 3.64. The molecule has 0 atom stereocenters. The van der Waals surface area contributed by atoms with Gasteiger partial charge in [-0.15, -0.1) is 11.8 Å². The van der Waals surface area contributed by atoms with Crippen molar-refractivity contribution >= 4 is 23.8 Å². The Morgan fingerprint density at radius 1 is 1.12 bits per heavy atom. The van der Waals surface area contributed by atoms with E-state index in [1.54, 1.807) is 16.7 Å². The highest BCUT2D eigenvalue weighted by molar-refractivity contribution is 8.00. The van der Waals surface area contributed by atoms with Crippen molar-refractivity contribution in [3.05, 3.63) is 29.8 Å². The maximum absolute atomic E-state index is 12.3. The lowest BCUT2D eigenvalue weighted by molar-refractivity contribution is -0.130. The van der Waals surface area contributed by atoms with Crippen molar-refractivity contribution in [2.45, 2.75) is 38.2 Å². The second-order valence-electron chi connectivity index (χ2n) is 6.95. The van der Waals surface area contributed by atoms with Gasteiger partial charge in [0.1, 0.15) is 5.60 Å². The van der Waals surface area contributed by atoms with Gasteiger partial charge in [-0.1, -0.05) is 17.7 Å². The summed E-state index contributed by atoms with van der Waals surface area (Å²) in [4.78, 5) is 29.0. The molecule has 0 radical (unpaired) electrons. The van der Waals surface area contributed by atoms with E-state index in [0.29, 0.717) is 31.9 Å². The quantitative estimate of drug-likeness (QED) is 0.786. The van der Waals surface area contributed by atoms with Crippen LogP contribution in [0.4, 0.5) is 4.79 Å². The molecule has 0 aromatic heterocycles. The normalized spacial score (nSPS) is 15.3. The summed E-state index contributed by atoms with van der Waals surface area (Å²) in [6, 6.07) is 8.15. The van der Waals surface area contributed by atoms with E-state index in [2.05, 4.69) is 6.07 Å². The lowest BCUT2D eigenvalue weighted by Gasteiger charge is -2.35. The van der Waals surface area contributed by atoms with Crippen molar-refractivity contribution in [3.63, 3.8) is 0 Å². The molecule has 132 valence electrons. The van der Waals surface area contributed by atoms with Crippen molar-refractivity contribution in [2.75, 3.05) is 31.9 Å². The SMILES string of the molecule is Cc1cccc(SCC(=O)N2CCN(C(=O)OC(C)(C)C)CC2)c1. The summed E-state index contributed by atoms with van der Waals surface area (Å²) in [7, 11) is 0. The van der Waals surface area contributed by atoms with Crippen LogP contribution in [-0.4, -0.2) is 59.3 Å². The zero-order valence-electron chi connectivity index (χ0n) is 14.9. The number of thioether (sulfide) groups is 1. The minimum Gasteiger partial charge on any atom is -0.444 e. The first-order valence-corrected chi connectivity index (χ1v) is 9.18. The molecular formula is C18H26N2O3S. The van der Waals surface area contributed by atoms with Crippen LogP contribution < -0.4 is 0 Å². The first-order chi connectivity index (χ1) is 11.2. The number of nitrogens with zero attached hydrogens (tertiary/aromatic N) is 2. The summed E-state index contributed by atoms with van der Waals surface area (Å²) < 4.78 is 5.37. The fourth-order valence-electron chi connectivity index (χ4n) is 2.41. The number of aryl methyl sites for hydroxylation is 1. The van der Waals surface area contributed by atoms with E-state index >= 15 is 0 Å². The highest BCUT2D eigenvalue weighted by Crippen LogP contribution is 2.20. The van der Waals surface area contributed by atoms with Gasteiger partial charge in [0.25, 0.3) is 0 Å². The number of amides is 2. The molecule has 0 spiro atoms. The molecule has 1 aliphatic heterocycles. The number of ether oxygens (including phenoxy) is 1. The highest BCUT2D eigenvalue weighted by Gasteiger charge is 2.27. The molecule has 1 fully saturated rings. The van der Waals surface area contributed by atoms with Crippen molar-refractivity contribution in [1.82, 2.24) is 9.80 Å². The zero-order chi connectivity index (χ0) is 17.7. The van der Waals surface area contributed by atoms with E-state index in [9.17, 15) is 9.59 Å². The fraction of sp³-hybridized carbons (Fsp3) is 0.556. The number of benzene rings is 1. The standard InChI is InChI=1S/C18H26N2O3S/c1-14-6-5-7-15(12-14)24-13-16(21)19-8-10-20(11-9-19)17(22)23-18(2,3)4/h5-7,12H,8-11,13H2,1-4H3. The van der Waals surface area contributed by atoms with Gasteiger partial charge in [0.2, 0.25) is 5.91 Å². The molecule has 0 N–H and O–H groups in total. The number of rotatable bonds is 3. The van der Waals surface area contributed by atoms with Crippen LogP contribution >= 0.6 is 11.8 Å². The minimum atomic E-state index is -0.492. The monoisotopic (exact) mass is 350 g/mol. The summed E-state index contributed by atoms with van der Waals surface area (Å²) in [5.74, 6) is 0.543. The van der Waals surface area contributed by atoms with Crippen LogP contribution in [0.3, 0.4) is 0 Å². The molecule has 1 saturated heterocycles. The van der Waals surface area contributed by atoms with Crippen LogP contribution in [-0.2, 0) is 9.53 Å². The topological polar surface area (TPSA) is 49.9 Å². The Hall–Kier alpha value is -1.69. The van der Waals surface area contributed by atoms with E-state index in [1.807, 2.05) is 50.8 Å². The molecule has 24 heavy (non-hydrogen) atoms. The van der Waals surface area contributed by atoms with E-state index in [1.165, 1.54) is 5.56 Å². The van der Waals surface area contributed by atoms with Crippen LogP contribution in [0.25, 0.3) is 0 Å². The van der Waals surface area contributed by atoms with Crippen LogP contribution in [0, 0.1) is 6.92 Å². The molecular weight excluding hydrogens is 324 g/mol. The van der Waals surface area contributed by atoms with Crippen LogP contribution in [0.5, 0.6) is 0 Å². The Labute approximate surface area is 148 Å². The van der Waals surface area contributed by atoms with E-state index in [4.69, 9.17) is 4.74 Å². The Balaban J connectivity index is 1.77. The van der Waals surface area contributed by atoms with Gasteiger partial charge < -0.3 is 14.5 Å². The molecule has 2 amide bonds.